The van der Waals surface area contributed by atoms with Crippen molar-refractivity contribution in [3.05, 3.63) is 35.4 Å². The molecule has 0 saturated heterocycles. The molecule has 0 radical (unpaired) electrons. The predicted molar refractivity (Wildman–Crippen MR) is 56.5 cm³/mol. The Bertz CT molecular complexity index is 328. The van der Waals surface area contributed by atoms with Gasteiger partial charge in [0.1, 0.15) is 11.6 Å². The van der Waals surface area contributed by atoms with Crippen LogP contribution in [0.1, 0.15) is 18.5 Å². The van der Waals surface area contributed by atoms with E-state index >= 15 is 0 Å². The molecule has 1 unspecified atom stereocenters. The minimum Gasteiger partial charge on any atom is -0.329 e. The Labute approximate surface area is 88.7 Å². The number of nitrogens with two attached hydrogens (primary N) is 1. The molecule has 0 bridgehead atoms. The Morgan fingerprint density at radius 3 is 2.53 bits per heavy atom. The summed E-state index contributed by atoms with van der Waals surface area (Å²) in [6, 6.07) is 3.40. The predicted octanol–water partition coefficient (Wildman–Crippen LogP) is 1.92. The third-order valence-electron chi connectivity index (χ3n) is 2.58. The van der Waals surface area contributed by atoms with Gasteiger partial charge in [-0.25, -0.2) is 8.78 Å². The van der Waals surface area contributed by atoms with Crippen molar-refractivity contribution in [2.75, 3.05) is 20.1 Å². The van der Waals surface area contributed by atoms with E-state index in [1.54, 1.807) is 0 Å². The van der Waals surface area contributed by atoms with Gasteiger partial charge in [-0.1, -0.05) is 13.0 Å². The first kappa shape index (κ1) is 12.1. The first-order valence-electron chi connectivity index (χ1n) is 4.95. The van der Waals surface area contributed by atoms with Gasteiger partial charge < -0.3 is 5.73 Å². The minimum atomic E-state index is -0.564. The van der Waals surface area contributed by atoms with Crippen LogP contribution in [0.3, 0.4) is 0 Å². The van der Waals surface area contributed by atoms with Crippen LogP contribution in [0.25, 0.3) is 0 Å². The van der Waals surface area contributed by atoms with Gasteiger partial charge in [-0.05, 0) is 19.7 Å². The Balaban J connectivity index is 3.01. The lowest BCUT2D eigenvalue weighted by atomic mass is 10.1. The Morgan fingerprint density at radius 1 is 1.40 bits per heavy atom. The largest absolute Gasteiger partial charge is 0.329 e. The van der Waals surface area contributed by atoms with Gasteiger partial charge >= 0.3 is 0 Å². The zero-order valence-corrected chi connectivity index (χ0v) is 9.00. The zero-order chi connectivity index (χ0) is 11.4. The third-order valence-corrected chi connectivity index (χ3v) is 2.58. The summed E-state index contributed by atoms with van der Waals surface area (Å²) in [5.74, 6) is -1.10. The highest BCUT2D eigenvalue weighted by molar-refractivity contribution is 5.22. The topological polar surface area (TPSA) is 29.3 Å². The maximum Gasteiger partial charge on any atom is 0.130 e. The van der Waals surface area contributed by atoms with Gasteiger partial charge in [-0.2, -0.15) is 0 Å². The molecular formula is C11H16F2N2. The molecule has 0 aliphatic carbocycles. The highest BCUT2D eigenvalue weighted by atomic mass is 19.1. The molecule has 1 rings (SSSR count). The summed E-state index contributed by atoms with van der Waals surface area (Å²) in [6.07, 6.45) is 0. The van der Waals surface area contributed by atoms with Crippen molar-refractivity contribution in [3.63, 3.8) is 0 Å². The number of halogens is 2. The van der Waals surface area contributed by atoms with Gasteiger partial charge in [0.25, 0.3) is 0 Å². The number of rotatable bonds is 4. The van der Waals surface area contributed by atoms with E-state index in [4.69, 9.17) is 5.73 Å². The Morgan fingerprint density at radius 2 is 2.07 bits per heavy atom. The highest BCUT2D eigenvalue weighted by Gasteiger charge is 2.17. The zero-order valence-electron chi connectivity index (χ0n) is 9.00. The van der Waals surface area contributed by atoms with Crippen LogP contribution in [0.5, 0.6) is 0 Å². The van der Waals surface area contributed by atoms with E-state index in [1.807, 2.05) is 18.9 Å². The van der Waals surface area contributed by atoms with E-state index in [2.05, 4.69) is 0 Å². The van der Waals surface area contributed by atoms with E-state index in [0.717, 1.165) is 12.6 Å². The van der Waals surface area contributed by atoms with Gasteiger partial charge in [0.2, 0.25) is 0 Å². The number of benzene rings is 1. The van der Waals surface area contributed by atoms with Crippen molar-refractivity contribution in [2.24, 2.45) is 5.73 Å². The monoisotopic (exact) mass is 214 g/mol. The SMILES string of the molecule is CCN(C)C(CN)c1ccc(F)cc1F. The maximum absolute atomic E-state index is 13.5. The normalized spacial score (nSPS) is 13.2. The molecule has 1 aromatic rings. The van der Waals surface area contributed by atoms with E-state index in [0.29, 0.717) is 12.1 Å². The summed E-state index contributed by atoms with van der Waals surface area (Å²) in [4.78, 5) is 1.93. The average Bonchev–Trinajstić information content (AvgIpc) is 2.21. The van der Waals surface area contributed by atoms with Crippen LogP contribution in [-0.4, -0.2) is 25.0 Å². The number of likely N-dealkylation sites (N-methyl/N-ethyl adjacent to an activating group) is 1. The molecule has 1 atom stereocenters. The van der Waals surface area contributed by atoms with Gasteiger partial charge in [0, 0.05) is 24.2 Å². The third kappa shape index (κ3) is 2.73. The Hall–Kier alpha value is -1.00. The number of nitrogens with zero attached hydrogens (tertiary/aromatic N) is 1. The smallest absolute Gasteiger partial charge is 0.130 e. The molecular weight excluding hydrogens is 198 g/mol. The fourth-order valence-electron chi connectivity index (χ4n) is 1.54. The average molecular weight is 214 g/mol. The molecule has 0 heterocycles. The van der Waals surface area contributed by atoms with Crippen LogP contribution in [0.15, 0.2) is 18.2 Å². The summed E-state index contributed by atoms with van der Waals surface area (Å²) in [7, 11) is 1.86. The lowest BCUT2D eigenvalue weighted by molar-refractivity contribution is 0.257. The molecule has 0 aromatic heterocycles. The molecule has 0 aliphatic heterocycles. The van der Waals surface area contributed by atoms with E-state index in [9.17, 15) is 8.78 Å². The molecule has 2 N–H and O–H groups in total. The number of hydrogen-bond donors (Lipinski definition) is 1. The van der Waals surface area contributed by atoms with Crippen LogP contribution in [0.4, 0.5) is 8.78 Å². The molecule has 15 heavy (non-hydrogen) atoms. The highest BCUT2D eigenvalue weighted by Crippen LogP contribution is 2.21. The van der Waals surface area contributed by atoms with Crippen molar-refractivity contribution in [2.45, 2.75) is 13.0 Å². The van der Waals surface area contributed by atoms with Gasteiger partial charge in [0.15, 0.2) is 0 Å². The van der Waals surface area contributed by atoms with E-state index < -0.39 is 11.6 Å². The molecule has 2 nitrogen and oxygen atoms in total. The summed E-state index contributed by atoms with van der Waals surface area (Å²) in [5, 5.41) is 0. The van der Waals surface area contributed by atoms with Crippen molar-refractivity contribution < 1.29 is 8.78 Å². The van der Waals surface area contributed by atoms with Crippen molar-refractivity contribution in [1.29, 1.82) is 0 Å². The first-order chi connectivity index (χ1) is 7.10. The second-order valence-corrected chi connectivity index (χ2v) is 3.49. The fraction of sp³-hybridized carbons (Fsp3) is 0.455. The lowest BCUT2D eigenvalue weighted by Gasteiger charge is -2.26. The summed E-state index contributed by atoms with van der Waals surface area (Å²) >= 11 is 0. The standard InChI is InChI=1S/C11H16F2N2/c1-3-15(2)11(7-14)9-5-4-8(12)6-10(9)13/h4-6,11H,3,7,14H2,1-2H3. The van der Waals surface area contributed by atoms with Crippen molar-refractivity contribution >= 4 is 0 Å². The van der Waals surface area contributed by atoms with Gasteiger partial charge in [-0.3, -0.25) is 4.90 Å². The van der Waals surface area contributed by atoms with Crippen molar-refractivity contribution in [1.82, 2.24) is 4.90 Å². The second kappa shape index (κ2) is 5.19. The molecule has 0 spiro atoms. The van der Waals surface area contributed by atoms with Crippen molar-refractivity contribution in [3.8, 4) is 0 Å². The van der Waals surface area contributed by atoms with Crippen LogP contribution in [0.2, 0.25) is 0 Å². The van der Waals surface area contributed by atoms with E-state index in [-0.39, 0.29) is 6.04 Å². The molecule has 1 aromatic carbocycles. The number of hydrogen-bond acceptors (Lipinski definition) is 2. The second-order valence-electron chi connectivity index (χ2n) is 3.49. The molecule has 0 fully saturated rings. The molecule has 0 saturated carbocycles. The molecule has 0 aliphatic rings. The van der Waals surface area contributed by atoms with Crippen LogP contribution in [-0.2, 0) is 0 Å². The van der Waals surface area contributed by atoms with Gasteiger partial charge in [-0.15, -0.1) is 0 Å². The summed E-state index contributed by atoms with van der Waals surface area (Å²) in [6.45, 7) is 3.04. The Kier molecular flexibility index (Phi) is 4.17. The summed E-state index contributed by atoms with van der Waals surface area (Å²) in [5.41, 5.74) is 6.03. The van der Waals surface area contributed by atoms with E-state index in [1.165, 1.54) is 12.1 Å². The van der Waals surface area contributed by atoms with Gasteiger partial charge in [0.05, 0.1) is 0 Å². The molecule has 84 valence electrons. The quantitative estimate of drug-likeness (QED) is 0.829. The fourth-order valence-corrected chi connectivity index (χ4v) is 1.54. The van der Waals surface area contributed by atoms with Crippen LogP contribution < -0.4 is 5.73 Å². The first-order valence-corrected chi connectivity index (χ1v) is 4.95. The lowest BCUT2D eigenvalue weighted by Crippen LogP contribution is -2.31. The maximum atomic E-state index is 13.5. The summed E-state index contributed by atoms with van der Waals surface area (Å²) < 4.78 is 26.2. The molecule has 0 amide bonds. The minimum absolute atomic E-state index is 0.199. The van der Waals surface area contributed by atoms with Crippen LogP contribution >= 0.6 is 0 Å². The molecule has 4 heteroatoms. The van der Waals surface area contributed by atoms with Crippen LogP contribution in [0, 0.1) is 11.6 Å².